The molecule has 0 bridgehead atoms. The van der Waals surface area contributed by atoms with Crippen LogP contribution in [0.5, 0.6) is 11.5 Å². The normalized spacial score (nSPS) is 21.5. The lowest BCUT2D eigenvalue weighted by molar-refractivity contribution is 0.0538. The molecule has 4 heterocycles. The van der Waals surface area contributed by atoms with Crippen LogP contribution in [-0.4, -0.2) is 76.6 Å². The van der Waals surface area contributed by atoms with Gasteiger partial charge in [-0.1, -0.05) is 6.07 Å². The van der Waals surface area contributed by atoms with Crippen molar-refractivity contribution in [2.24, 2.45) is 0 Å². The predicted molar refractivity (Wildman–Crippen MR) is 142 cm³/mol. The molecule has 0 radical (unpaired) electrons. The summed E-state index contributed by atoms with van der Waals surface area (Å²) >= 11 is 1.53. The molecule has 2 fully saturated rings. The molecule has 3 aromatic rings. The summed E-state index contributed by atoms with van der Waals surface area (Å²) in [5, 5.41) is 9.11. The largest absolute Gasteiger partial charge is 0.494 e. The highest BCUT2D eigenvalue weighted by molar-refractivity contribution is 8.01. The van der Waals surface area contributed by atoms with E-state index in [4.69, 9.17) is 18.9 Å². The Bertz CT molecular complexity index is 1190. The van der Waals surface area contributed by atoms with Crippen LogP contribution < -0.4 is 19.1 Å². The number of methoxy groups -OCH3 is 2. The number of nitrogens with one attached hydrogen (secondary N) is 1. The van der Waals surface area contributed by atoms with Gasteiger partial charge >= 0.3 is 0 Å². The average Bonchev–Trinajstić information content (AvgIpc) is 3.62. The number of hydrogen-bond acceptors (Lipinski definition) is 11. The Morgan fingerprint density at radius 1 is 1.13 bits per heavy atom. The first kappa shape index (κ1) is 26.4. The van der Waals surface area contributed by atoms with Crippen LogP contribution in [-0.2, 0) is 9.47 Å². The van der Waals surface area contributed by atoms with E-state index in [1.807, 2.05) is 34.6 Å². The van der Waals surface area contributed by atoms with E-state index in [-0.39, 0.29) is 17.5 Å². The highest BCUT2D eigenvalue weighted by Gasteiger charge is 2.32. The summed E-state index contributed by atoms with van der Waals surface area (Å²) in [4.78, 5) is 10.4. The molecule has 5 rings (SSSR count). The van der Waals surface area contributed by atoms with Crippen molar-refractivity contribution in [3.8, 4) is 17.2 Å². The number of piperidine rings is 1. The molecule has 2 aromatic heterocycles. The van der Waals surface area contributed by atoms with E-state index >= 15 is 0 Å². The van der Waals surface area contributed by atoms with Crippen LogP contribution in [0.4, 0.5) is 16.3 Å². The molecular formula is C25H32FN7O4S. The molecule has 2 aliphatic heterocycles. The second-order valence-electron chi connectivity index (χ2n) is 8.99. The van der Waals surface area contributed by atoms with Crippen LogP contribution in [0.2, 0.25) is 0 Å². The Labute approximate surface area is 225 Å². The summed E-state index contributed by atoms with van der Waals surface area (Å²) in [5.41, 5.74) is 0.702. The summed E-state index contributed by atoms with van der Waals surface area (Å²) < 4.78 is 42.1. The van der Waals surface area contributed by atoms with E-state index in [0.717, 1.165) is 19.3 Å². The molecule has 1 aromatic carbocycles. The number of rotatable bonds is 10. The standard InChI is InChI=1S/C25H32FN7O4S/c1-4-36-17-11-18(15-32(14-17)24-27-12-16(26)13-28-24)38-31-25-30-29-23(21-9-6-10-37-21)33(25)22-19(34-2)7-5-8-20(22)35-3/h5,7-8,12-13,17-18,21H,4,6,9-11,14-15H2,1-3H3,(H,30,31). The van der Waals surface area contributed by atoms with Crippen molar-refractivity contribution in [1.82, 2.24) is 24.7 Å². The van der Waals surface area contributed by atoms with E-state index in [0.29, 0.717) is 61.2 Å². The van der Waals surface area contributed by atoms with Gasteiger partial charge in [0.1, 0.15) is 23.3 Å². The molecular weight excluding hydrogens is 513 g/mol. The molecule has 0 saturated carbocycles. The average molecular weight is 546 g/mol. The number of benzene rings is 1. The number of halogens is 1. The van der Waals surface area contributed by atoms with Crippen molar-refractivity contribution in [2.75, 3.05) is 50.1 Å². The zero-order valence-electron chi connectivity index (χ0n) is 21.7. The molecule has 2 aliphatic rings. The van der Waals surface area contributed by atoms with Crippen molar-refractivity contribution < 1.29 is 23.3 Å². The minimum absolute atomic E-state index is 0.0173. The van der Waals surface area contributed by atoms with Gasteiger partial charge in [-0.15, -0.1) is 10.2 Å². The zero-order chi connectivity index (χ0) is 26.5. The predicted octanol–water partition coefficient (Wildman–Crippen LogP) is 3.81. The maximum Gasteiger partial charge on any atom is 0.239 e. The van der Waals surface area contributed by atoms with Gasteiger partial charge in [-0.25, -0.2) is 14.4 Å². The summed E-state index contributed by atoms with van der Waals surface area (Å²) in [7, 11) is 3.25. The van der Waals surface area contributed by atoms with Crippen molar-refractivity contribution in [3.63, 3.8) is 0 Å². The SMILES string of the molecule is CCOC1CC(SNc2nnc(C3CCCO3)n2-c2c(OC)cccc2OC)CN(c2ncc(F)cn2)C1. The fourth-order valence-corrected chi connectivity index (χ4v) is 5.81. The lowest BCUT2D eigenvalue weighted by Crippen LogP contribution is -2.46. The van der Waals surface area contributed by atoms with Gasteiger partial charge in [-0.2, -0.15) is 0 Å². The molecule has 11 nitrogen and oxygen atoms in total. The first-order valence-corrected chi connectivity index (χ1v) is 13.5. The van der Waals surface area contributed by atoms with Crippen LogP contribution in [0.15, 0.2) is 30.6 Å². The van der Waals surface area contributed by atoms with Gasteiger partial charge in [0.2, 0.25) is 11.9 Å². The monoisotopic (exact) mass is 545 g/mol. The Morgan fingerprint density at radius 2 is 1.89 bits per heavy atom. The van der Waals surface area contributed by atoms with Crippen molar-refractivity contribution in [3.05, 3.63) is 42.2 Å². The molecule has 2 saturated heterocycles. The number of para-hydroxylation sites is 1. The molecule has 0 aliphatic carbocycles. The molecule has 3 atom stereocenters. The van der Waals surface area contributed by atoms with Gasteiger partial charge < -0.3 is 23.8 Å². The molecule has 3 unspecified atom stereocenters. The molecule has 204 valence electrons. The number of hydrogen-bond donors (Lipinski definition) is 1. The summed E-state index contributed by atoms with van der Waals surface area (Å²) in [6.45, 7) is 4.54. The van der Waals surface area contributed by atoms with Gasteiger partial charge in [0.05, 0.1) is 32.7 Å². The highest BCUT2D eigenvalue weighted by atomic mass is 32.2. The van der Waals surface area contributed by atoms with Crippen molar-refractivity contribution >= 4 is 23.8 Å². The van der Waals surface area contributed by atoms with Crippen LogP contribution in [0.25, 0.3) is 5.69 Å². The second kappa shape index (κ2) is 12.1. The maximum absolute atomic E-state index is 13.4. The fraction of sp³-hybridized carbons (Fsp3) is 0.520. The van der Waals surface area contributed by atoms with E-state index in [2.05, 4.69) is 24.9 Å². The smallest absolute Gasteiger partial charge is 0.239 e. The third-order valence-corrected chi connectivity index (χ3v) is 7.49. The topological polar surface area (TPSA) is 109 Å². The third-order valence-electron chi connectivity index (χ3n) is 6.51. The Hall–Kier alpha value is -3.16. The van der Waals surface area contributed by atoms with Crippen LogP contribution in [0.3, 0.4) is 0 Å². The van der Waals surface area contributed by atoms with Crippen LogP contribution in [0, 0.1) is 5.82 Å². The summed E-state index contributed by atoms with van der Waals surface area (Å²) in [6.07, 6.45) is 4.80. The third kappa shape index (κ3) is 5.64. The minimum Gasteiger partial charge on any atom is -0.494 e. The zero-order valence-corrected chi connectivity index (χ0v) is 22.5. The fourth-order valence-electron chi connectivity index (χ4n) is 4.84. The van der Waals surface area contributed by atoms with E-state index in [1.54, 1.807) is 14.2 Å². The number of aromatic nitrogens is 5. The Morgan fingerprint density at radius 3 is 2.55 bits per heavy atom. The first-order valence-electron chi connectivity index (χ1n) is 12.6. The van der Waals surface area contributed by atoms with Gasteiger partial charge in [0.15, 0.2) is 11.6 Å². The minimum atomic E-state index is -0.465. The van der Waals surface area contributed by atoms with Gasteiger partial charge in [-0.05, 0) is 50.3 Å². The highest BCUT2D eigenvalue weighted by Crippen LogP contribution is 2.39. The van der Waals surface area contributed by atoms with Gasteiger partial charge in [0.25, 0.3) is 0 Å². The van der Waals surface area contributed by atoms with E-state index in [9.17, 15) is 4.39 Å². The second-order valence-corrected chi connectivity index (χ2v) is 10.1. The maximum atomic E-state index is 13.4. The number of ether oxygens (including phenoxy) is 4. The summed E-state index contributed by atoms with van der Waals surface area (Å²) in [6, 6.07) is 5.63. The molecule has 1 N–H and O–H groups in total. The number of anilines is 2. The van der Waals surface area contributed by atoms with Crippen LogP contribution >= 0.6 is 11.9 Å². The molecule has 0 amide bonds. The Balaban J connectivity index is 1.42. The summed E-state index contributed by atoms with van der Waals surface area (Å²) in [5.74, 6) is 2.49. The van der Waals surface area contributed by atoms with Gasteiger partial charge in [0, 0.05) is 31.6 Å². The van der Waals surface area contributed by atoms with E-state index in [1.165, 1.54) is 24.3 Å². The van der Waals surface area contributed by atoms with Crippen molar-refractivity contribution in [2.45, 2.75) is 43.6 Å². The van der Waals surface area contributed by atoms with Gasteiger partial charge in [-0.3, -0.25) is 9.29 Å². The lowest BCUT2D eigenvalue weighted by Gasteiger charge is -2.37. The molecule has 38 heavy (non-hydrogen) atoms. The molecule has 0 spiro atoms. The molecule has 13 heteroatoms. The lowest BCUT2D eigenvalue weighted by atomic mass is 10.1. The quantitative estimate of drug-likeness (QED) is 0.376. The Kier molecular flexibility index (Phi) is 8.45. The number of nitrogens with zero attached hydrogens (tertiary/aromatic N) is 6. The van der Waals surface area contributed by atoms with Crippen LogP contribution in [0.1, 0.15) is 38.1 Å². The van der Waals surface area contributed by atoms with Crippen molar-refractivity contribution in [1.29, 1.82) is 0 Å². The first-order chi connectivity index (χ1) is 18.6. The van der Waals surface area contributed by atoms with E-state index < -0.39 is 5.82 Å².